The fraction of sp³-hybridized carbons (Fsp3) is 0.550. The summed E-state index contributed by atoms with van der Waals surface area (Å²) in [7, 11) is -2.95. The first-order valence-corrected chi connectivity index (χ1v) is 12.4. The van der Waals surface area contributed by atoms with Crippen LogP contribution in [-0.4, -0.2) is 52.2 Å². The summed E-state index contributed by atoms with van der Waals surface area (Å²) >= 11 is 0. The van der Waals surface area contributed by atoms with Gasteiger partial charge in [0.25, 0.3) is 0 Å². The molecular weight excluding hydrogens is 420 g/mol. The van der Waals surface area contributed by atoms with E-state index in [2.05, 4.69) is 20.9 Å². The molecule has 0 aromatic carbocycles. The Bertz CT molecular complexity index is 1170. The van der Waals surface area contributed by atoms with Gasteiger partial charge in [-0.05, 0) is 38.7 Å². The van der Waals surface area contributed by atoms with Crippen molar-refractivity contribution in [2.24, 2.45) is 11.7 Å². The third-order valence-corrected chi connectivity index (χ3v) is 8.23. The van der Waals surface area contributed by atoms with Crippen LogP contribution in [0.5, 0.6) is 0 Å². The number of hydrogen-bond donors (Lipinski definition) is 3. The van der Waals surface area contributed by atoms with E-state index in [1.807, 2.05) is 17.7 Å². The topological polar surface area (TPSA) is 141 Å². The highest BCUT2D eigenvalue weighted by Crippen LogP contribution is 2.46. The van der Waals surface area contributed by atoms with Gasteiger partial charge in [-0.2, -0.15) is 5.10 Å². The van der Waals surface area contributed by atoms with Crippen molar-refractivity contribution in [3.63, 3.8) is 0 Å². The monoisotopic (exact) mass is 446 g/mol. The summed E-state index contributed by atoms with van der Waals surface area (Å²) in [6, 6.07) is 0.0395. The molecule has 4 N–H and O–H groups in total. The summed E-state index contributed by atoms with van der Waals surface area (Å²) in [5.41, 5.74) is 11.1. The molecule has 1 saturated heterocycles. The van der Waals surface area contributed by atoms with E-state index in [0.29, 0.717) is 32.2 Å². The second-order valence-electron chi connectivity index (χ2n) is 8.65. The van der Waals surface area contributed by atoms with E-state index in [9.17, 15) is 13.2 Å². The number of amides is 1. The van der Waals surface area contributed by atoms with Gasteiger partial charge in [-0.3, -0.25) is 15.1 Å². The van der Waals surface area contributed by atoms with Crippen molar-refractivity contribution in [2.45, 2.75) is 50.8 Å². The van der Waals surface area contributed by atoms with Gasteiger partial charge in [-0.1, -0.05) is 0 Å². The van der Waals surface area contributed by atoms with Gasteiger partial charge in [0.15, 0.2) is 5.65 Å². The van der Waals surface area contributed by atoms with Crippen molar-refractivity contribution in [3.8, 4) is 0 Å². The lowest BCUT2D eigenvalue weighted by Crippen LogP contribution is -2.48. The van der Waals surface area contributed by atoms with Gasteiger partial charge >= 0.3 is 0 Å². The average Bonchev–Trinajstić information content (AvgIpc) is 3.33. The maximum absolute atomic E-state index is 11.8. The van der Waals surface area contributed by atoms with Crippen LogP contribution < -0.4 is 16.5 Å². The first-order valence-electron chi connectivity index (χ1n) is 10.6. The molecule has 4 heterocycles. The maximum atomic E-state index is 11.8. The SMILES string of the molecule is CCn1ncc2c(NC3CCS(=O)(=O)CC3)c(C3=CC4(CC(C(N)=O)C4)ON3)cnc21. The number of nitrogens with one attached hydrogen (secondary N) is 2. The number of nitrogens with two attached hydrogens (primary N) is 1. The van der Waals surface area contributed by atoms with Crippen molar-refractivity contribution < 1.29 is 18.0 Å². The standard InChI is InChI=1S/C20H26N6O4S/c1-2-26-19-15(11-23-26)17(24-13-3-5-31(28,29)6-4-13)14(10-22-19)16-9-20(30-25-16)7-12(8-20)18(21)27/h9-13,25H,2-8H2,1H3,(H2,21,27)(H,22,24). The molecule has 166 valence electrons. The number of aromatic nitrogens is 3. The molecule has 1 saturated carbocycles. The highest BCUT2D eigenvalue weighted by Gasteiger charge is 2.50. The van der Waals surface area contributed by atoms with Crippen LogP contribution in [0, 0.1) is 5.92 Å². The van der Waals surface area contributed by atoms with Crippen LogP contribution in [0.1, 0.15) is 38.2 Å². The fourth-order valence-electron chi connectivity index (χ4n) is 4.64. The molecule has 0 unspecified atom stereocenters. The summed E-state index contributed by atoms with van der Waals surface area (Å²) in [5.74, 6) is -0.114. The van der Waals surface area contributed by atoms with Crippen LogP contribution in [-0.2, 0) is 26.0 Å². The minimum atomic E-state index is -2.95. The molecule has 2 aromatic heterocycles. The Balaban J connectivity index is 1.50. The van der Waals surface area contributed by atoms with Crippen LogP contribution >= 0.6 is 0 Å². The summed E-state index contributed by atoms with van der Waals surface area (Å²) in [6.45, 7) is 2.70. The summed E-state index contributed by atoms with van der Waals surface area (Å²) in [6.07, 6.45) is 7.77. The van der Waals surface area contributed by atoms with Gasteiger partial charge in [-0.25, -0.2) is 18.1 Å². The van der Waals surface area contributed by atoms with Crippen molar-refractivity contribution in [1.82, 2.24) is 20.2 Å². The minimum Gasteiger partial charge on any atom is -0.381 e. The predicted octanol–water partition coefficient (Wildman–Crippen LogP) is 0.950. The van der Waals surface area contributed by atoms with Gasteiger partial charge in [0.05, 0.1) is 34.5 Å². The summed E-state index contributed by atoms with van der Waals surface area (Å²) in [5, 5.41) is 8.88. The van der Waals surface area contributed by atoms with Gasteiger partial charge in [-0.15, -0.1) is 0 Å². The number of sulfone groups is 1. The number of aryl methyl sites for hydroxylation is 1. The number of fused-ring (bicyclic) bond motifs is 1. The summed E-state index contributed by atoms with van der Waals surface area (Å²) < 4.78 is 25.5. The number of hydroxylamine groups is 1. The molecule has 0 radical (unpaired) electrons. The lowest BCUT2D eigenvalue weighted by molar-refractivity contribution is -0.144. The van der Waals surface area contributed by atoms with E-state index in [0.717, 1.165) is 28.0 Å². The number of carbonyl (C=O) groups excluding carboxylic acids is 1. The average molecular weight is 447 g/mol. The minimum absolute atomic E-state index is 0.0395. The number of carbonyl (C=O) groups is 1. The molecule has 2 aromatic rings. The third-order valence-electron chi connectivity index (χ3n) is 6.52. The predicted molar refractivity (Wildman–Crippen MR) is 115 cm³/mol. The van der Waals surface area contributed by atoms with E-state index < -0.39 is 15.4 Å². The van der Waals surface area contributed by atoms with Crippen molar-refractivity contribution in [2.75, 3.05) is 16.8 Å². The molecule has 1 amide bonds. The van der Waals surface area contributed by atoms with E-state index in [1.54, 1.807) is 12.4 Å². The molecule has 0 bridgehead atoms. The number of anilines is 1. The highest BCUT2D eigenvalue weighted by molar-refractivity contribution is 7.91. The Hall–Kier alpha value is -2.66. The highest BCUT2D eigenvalue weighted by atomic mass is 32.2. The van der Waals surface area contributed by atoms with Gasteiger partial charge in [0.1, 0.15) is 15.4 Å². The zero-order valence-electron chi connectivity index (χ0n) is 17.3. The van der Waals surface area contributed by atoms with Crippen LogP contribution in [0.25, 0.3) is 16.7 Å². The van der Waals surface area contributed by atoms with Crippen molar-refractivity contribution in [1.29, 1.82) is 0 Å². The second-order valence-corrected chi connectivity index (χ2v) is 11.0. The molecule has 2 aliphatic heterocycles. The Morgan fingerprint density at radius 1 is 1.35 bits per heavy atom. The van der Waals surface area contributed by atoms with Gasteiger partial charge in [0, 0.05) is 30.3 Å². The lowest BCUT2D eigenvalue weighted by atomic mass is 9.70. The van der Waals surface area contributed by atoms with Crippen molar-refractivity contribution in [3.05, 3.63) is 24.0 Å². The van der Waals surface area contributed by atoms with Crippen LogP contribution in [0.4, 0.5) is 5.69 Å². The fourth-order valence-corrected chi connectivity index (χ4v) is 6.14. The summed E-state index contributed by atoms with van der Waals surface area (Å²) in [4.78, 5) is 21.9. The Kier molecular flexibility index (Phi) is 4.70. The molecule has 11 heteroatoms. The number of hydrogen-bond acceptors (Lipinski definition) is 8. The molecule has 2 fully saturated rings. The molecule has 5 rings (SSSR count). The Morgan fingerprint density at radius 3 is 2.77 bits per heavy atom. The largest absolute Gasteiger partial charge is 0.381 e. The molecule has 3 aliphatic rings. The van der Waals surface area contributed by atoms with Gasteiger partial charge < -0.3 is 11.1 Å². The zero-order chi connectivity index (χ0) is 21.8. The van der Waals surface area contributed by atoms with E-state index in [4.69, 9.17) is 10.6 Å². The van der Waals surface area contributed by atoms with E-state index in [1.165, 1.54) is 0 Å². The Labute approximate surface area is 180 Å². The molecule has 31 heavy (non-hydrogen) atoms. The zero-order valence-corrected chi connectivity index (χ0v) is 18.1. The third kappa shape index (κ3) is 3.55. The van der Waals surface area contributed by atoms with Crippen LogP contribution in [0.15, 0.2) is 18.5 Å². The smallest absolute Gasteiger partial charge is 0.220 e. The number of pyridine rings is 1. The van der Waals surface area contributed by atoms with Crippen LogP contribution in [0.2, 0.25) is 0 Å². The van der Waals surface area contributed by atoms with E-state index >= 15 is 0 Å². The molecule has 10 nitrogen and oxygen atoms in total. The maximum Gasteiger partial charge on any atom is 0.220 e. The van der Waals surface area contributed by atoms with Crippen LogP contribution in [0.3, 0.4) is 0 Å². The molecule has 1 spiro atoms. The Morgan fingerprint density at radius 2 is 2.10 bits per heavy atom. The molecule has 1 aliphatic carbocycles. The number of nitrogens with zero attached hydrogens (tertiary/aromatic N) is 3. The normalized spacial score (nSPS) is 22.8. The van der Waals surface area contributed by atoms with E-state index in [-0.39, 0.29) is 29.4 Å². The number of rotatable bonds is 5. The molecular formula is C20H26N6O4S. The first-order chi connectivity index (χ1) is 14.8. The van der Waals surface area contributed by atoms with Gasteiger partial charge in [0.2, 0.25) is 5.91 Å². The first kappa shape index (κ1) is 20.3. The van der Waals surface area contributed by atoms with Crippen molar-refractivity contribution >= 4 is 38.2 Å². The lowest BCUT2D eigenvalue weighted by Gasteiger charge is -2.39. The molecule has 0 atom stereocenters. The number of primary amides is 1. The second kappa shape index (κ2) is 7.20. The quantitative estimate of drug-likeness (QED) is 0.616.